The number of nitrogens with zero attached hydrogens (tertiary/aromatic N) is 1. The van der Waals surface area contributed by atoms with Crippen molar-refractivity contribution in [2.75, 3.05) is 20.1 Å². The molecule has 0 spiro atoms. The van der Waals surface area contributed by atoms with Gasteiger partial charge in [-0.05, 0) is 51.5 Å². The second kappa shape index (κ2) is 7.46. The fraction of sp³-hybridized carbons (Fsp3) is 0.600. The highest BCUT2D eigenvalue weighted by Gasteiger charge is 2.07. The van der Waals surface area contributed by atoms with Gasteiger partial charge in [-0.3, -0.25) is 4.90 Å². The van der Waals surface area contributed by atoms with Crippen molar-refractivity contribution in [2.24, 2.45) is 0 Å². The molecule has 0 aliphatic rings. The number of hydrogen-bond donors (Lipinski definition) is 1. The Bertz CT molecular complexity index is 320. The van der Waals surface area contributed by atoms with Gasteiger partial charge in [-0.15, -0.1) is 0 Å². The molecule has 17 heavy (non-hydrogen) atoms. The summed E-state index contributed by atoms with van der Waals surface area (Å²) in [5, 5.41) is 3.39. The minimum absolute atomic E-state index is 0.594. The summed E-state index contributed by atoms with van der Waals surface area (Å²) in [7, 11) is 2.19. The maximum absolute atomic E-state index is 3.39. The van der Waals surface area contributed by atoms with Gasteiger partial charge in [-0.25, -0.2) is 0 Å². The number of rotatable bonds is 7. The Labute approximate surface area is 106 Å². The van der Waals surface area contributed by atoms with E-state index in [2.05, 4.69) is 62.3 Å². The molecule has 0 heterocycles. The van der Waals surface area contributed by atoms with E-state index in [-0.39, 0.29) is 0 Å². The molecule has 0 unspecified atom stereocenters. The van der Waals surface area contributed by atoms with E-state index in [0.29, 0.717) is 6.04 Å². The van der Waals surface area contributed by atoms with Gasteiger partial charge < -0.3 is 5.32 Å². The van der Waals surface area contributed by atoms with E-state index in [1.54, 1.807) is 0 Å². The van der Waals surface area contributed by atoms with Gasteiger partial charge in [0.2, 0.25) is 0 Å². The molecule has 0 fully saturated rings. The van der Waals surface area contributed by atoms with Crippen LogP contribution in [0, 0.1) is 0 Å². The van der Waals surface area contributed by atoms with Crippen molar-refractivity contribution in [2.45, 2.75) is 39.8 Å². The van der Waals surface area contributed by atoms with Crippen LogP contribution in [0.25, 0.3) is 0 Å². The van der Waals surface area contributed by atoms with Gasteiger partial charge >= 0.3 is 0 Å². The monoisotopic (exact) mass is 234 g/mol. The molecule has 0 radical (unpaired) electrons. The highest BCUT2D eigenvalue weighted by molar-refractivity contribution is 5.27. The van der Waals surface area contributed by atoms with Crippen molar-refractivity contribution in [3.8, 4) is 0 Å². The van der Waals surface area contributed by atoms with E-state index in [1.165, 1.54) is 11.1 Å². The highest BCUT2D eigenvalue weighted by atomic mass is 15.1. The first-order chi connectivity index (χ1) is 8.15. The third-order valence-corrected chi connectivity index (χ3v) is 3.24. The summed E-state index contributed by atoms with van der Waals surface area (Å²) in [5.74, 6) is 0. The Balaban J connectivity index is 2.63. The third-order valence-electron chi connectivity index (χ3n) is 3.24. The lowest BCUT2D eigenvalue weighted by atomic mass is 10.0. The quantitative estimate of drug-likeness (QED) is 0.730. The van der Waals surface area contributed by atoms with Gasteiger partial charge in [-0.1, -0.05) is 31.2 Å². The molecule has 0 bridgehead atoms. The average Bonchev–Trinajstić information content (AvgIpc) is 2.31. The zero-order valence-corrected chi connectivity index (χ0v) is 11.7. The van der Waals surface area contributed by atoms with Crippen LogP contribution in [0.2, 0.25) is 0 Å². The predicted molar refractivity (Wildman–Crippen MR) is 75.3 cm³/mol. The molecule has 1 aromatic rings. The van der Waals surface area contributed by atoms with Crippen LogP contribution in [0.3, 0.4) is 0 Å². The Morgan fingerprint density at radius 3 is 2.41 bits per heavy atom. The Kier molecular flexibility index (Phi) is 6.23. The Hall–Kier alpha value is -0.860. The van der Waals surface area contributed by atoms with E-state index >= 15 is 0 Å². The molecule has 0 aliphatic heterocycles. The van der Waals surface area contributed by atoms with Gasteiger partial charge in [0.1, 0.15) is 0 Å². The standard InChI is InChI=1S/C15H26N2/c1-5-16-11-10-14-8-6-7-9-15(14)12-17(4)13(2)3/h6-9,13,16H,5,10-12H2,1-4H3. The fourth-order valence-corrected chi connectivity index (χ4v) is 1.81. The molecule has 0 saturated heterocycles. The molecule has 0 atom stereocenters. The summed E-state index contributed by atoms with van der Waals surface area (Å²) in [5.41, 5.74) is 2.93. The zero-order valence-electron chi connectivity index (χ0n) is 11.7. The summed E-state index contributed by atoms with van der Waals surface area (Å²) in [4.78, 5) is 2.38. The highest BCUT2D eigenvalue weighted by Crippen LogP contribution is 2.12. The zero-order chi connectivity index (χ0) is 12.7. The largest absolute Gasteiger partial charge is 0.317 e. The Morgan fingerprint density at radius 2 is 1.82 bits per heavy atom. The third kappa shape index (κ3) is 4.88. The molecular formula is C15H26N2. The van der Waals surface area contributed by atoms with E-state index in [0.717, 1.165) is 26.1 Å². The maximum Gasteiger partial charge on any atom is 0.0236 e. The van der Waals surface area contributed by atoms with Gasteiger partial charge in [0.05, 0.1) is 0 Å². The van der Waals surface area contributed by atoms with Crippen LogP contribution in [0.1, 0.15) is 31.9 Å². The van der Waals surface area contributed by atoms with Crippen molar-refractivity contribution in [3.05, 3.63) is 35.4 Å². The van der Waals surface area contributed by atoms with Crippen molar-refractivity contribution in [1.82, 2.24) is 10.2 Å². The number of benzene rings is 1. The fourth-order valence-electron chi connectivity index (χ4n) is 1.81. The van der Waals surface area contributed by atoms with Crippen molar-refractivity contribution in [1.29, 1.82) is 0 Å². The van der Waals surface area contributed by atoms with Crippen LogP contribution >= 0.6 is 0 Å². The molecule has 2 heteroatoms. The van der Waals surface area contributed by atoms with Crippen molar-refractivity contribution in [3.63, 3.8) is 0 Å². The molecule has 1 aromatic carbocycles. The van der Waals surface area contributed by atoms with Crippen LogP contribution in [0.15, 0.2) is 24.3 Å². The van der Waals surface area contributed by atoms with Crippen LogP contribution in [0.5, 0.6) is 0 Å². The molecule has 2 nitrogen and oxygen atoms in total. The molecule has 1 N–H and O–H groups in total. The summed E-state index contributed by atoms with van der Waals surface area (Å²) in [6.07, 6.45) is 1.12. The van der Waals surface area contributed by atoms with Crippen LogP contribution < -0.4 is 5.32 Å². The first kappa shape index (κ1) is 14.2. The summed E-state index contributed by atoms with van der Waals surface area (Å²) in [6, 6.07) is 9.37. The molecule has 0 aromatic heterocycles. The van der Waals surface area contributed by atoms with Gasteiger partial charge in [0.15, 0.2) is 0 Å². The lowest BCUT2D eigenvalue weighted by Crippen LogP contribution is -2.26. The first-order valence-electron chi connectivity index (χ1n) is 6.63. The van der Waals surface area contributed by atoms with E-state index < -0.39 is 0 Å². The second-order valence-corrected chi connectivity index (χ2v) is 4.88. The van der Waals surface area contributed by atoms with Crippen molar-refractivity contribution < 1.29 is 0 Å². The number of likely N-dealkylation sites (N-methyl/N-ethyl adjacent to an activating group) is 1. The van der Waals surface area contributed by atoms with E-state index in [4.69, 9.17) is 0 Å². The van der Waals surface area contributed by atoms with Crippen LogP contribution in [-0.4, -0.2) is 31.1 Å². The van der Waals surface area contributed by atoms with E-state index in [9.17, 15) is 0 Å². The molecular weight excluding hydrogens is 208 g/mol. The normalized spacial score (nSPS) is 11.4. The lowest BCUT2D eigenvalue weighted by Gasteiger charge is -2.22. The van der Waals surface area contributed by atoms with Gasteiger partial charge in [0.25, 0.3) is 0 Å². The molecule has 0 saturated carbocycles. The first-order valence-corrected chi connectivity index (χ1v) is 6.63. The topological polar surface area (TPSA) is 15.3 Å². The summed E-state index contributed by atoms with van der Waals surface area (Å²) in [6.45, 7) is 9.79. The van der Waals surface area contributed by atoms with Crippen molar-refractivity contribution >= 4 is 0 Å². The minimum Gasteiger partial charge on any atom is -0.317 e. The Morgan fingerprint density at radius 1 is 1.18 bits per heavy atom. The second-order valence-electron chi connectivity index (χ2n) is 4.88. The maximum atomic E-state index is 3.39. The lowest BCUT2D eigenvalue weighted by molar-refractivity contribution is 0.265. The minimum atomic E-state index is 0.594. The molecule has 0 amide bonds. The average molecular weight is 234 g/mol. The molecule has 96 valence electrons. The molecule has 0 aliphatic carbocycles. The SMILES string of the molecule is CCNCCc1ccccc1CN(C)C(C)C. The van der Waals surface area contributed by atoms with Crippen LogP contribution in [0.4, 0.5) is 0 Å². The van der Waals surface area contributed by atoms with Gasteiger partial charge in [0, 0.05) is 12.6 Å². The van der Waals surface area contributed by atoms with E-state index in [1.807, 2.05) is 0 Å². The number of nitrogens with one attached hydrogen (secondary N) is 1. The van der Waals surface area contributed by atoms with Crippen LogP contribution in [-0.2, 0) is 13.0 Å². The number of hydrogen-bond acceptors (Lipinski definition) is 2. The smallest absolute Gasteiger partial charge is 0.0236 e. The van der Waals surface area contributed by atoms with Gasteiger partial charge in [-0.2, -0.15) is 0 Å². The summed E-state index contributed by atoms with van der Waals surface area (Å²) < 4.78 is 0. The summed E-state index contributed by atoms with van der Waals surface area (Å²) >= 11 is 0. The predicted octanol–water partition coefficient (Wildman–Crippen LogP) is 2.68. The molecule has 1 rings (SSSR count).